The van der Waals surface area contributed by atoms with Gasteiger partial charge in [-0.1, -0.05) is 24.3 Å². The number of ether oxygens (including phenoxy) is 1. The van der Waals surface area contributed by atoms with Crippen LogP contribution in [-0.2, 0) is 6.42 Å². The standard InChI is InChI=1S/C17H21NO/c1-19-17-7-6-15-12-14(4-5-16(15)13-17)8-11-18-9-2-3-10-18/h4-7,12-13H,2-3,8-11H2,1H3. The summed E-state index contributed by atoms with van der Waals surface area (Å²) in [6.45, 7) is 3.76. The molecule has 0 aromatic heterocycles. The molecule has 1 heterocycles. The molecule has 19 heavy (non-hydrogen) atoms. The summed E-state index contributed by atoms with van der Waals surface area (Å²) in [6.07, 6.45) is 3.90. The molecule has 0 atom stereocenters. The fourth-order valence-electron chi connectivity index (χ4n) is 2.85. The van der Waals surface area contributed by atoms with Crippen molar-refractivity contribution in [2.75, 3.05) is 26.7 Å². The van der Waals surface area contributed by atoms with Crippen LogP contribution in [0, 0.1) is 0 Å². The second-order valence-electron chi connectivity index (χ2n) is 5.35. The Bertz CT molecular complexity index is 558. The number of hydrogen-bond donors (Lipinski definition) is 0. The third-order valence-corrected chi connectivity index (χ3v) is 4.03. The second-order valence-corrected chi connectivity index (χ2v) is 5.35. The minimum absolute atomic E-state index is 0.928. The van der Waals surface area contributed by atoms with Crippen molar-refractivity contribution in [1.29, 1.82) is 0 Å². The van der Waals surface area contributed by atoms with Crippen LogP contribution in [0.4, 0.5) is 0 Å². The number of hydrogen-bond acceptors (Lipinski definition) is 2. The number of fused-ring (bicyclic) bond motifs is 1. The van der Waals surface area contributed by atoms with E-state index in [1.807, 2.05) is 6.07 Å². The van der Waals surface area contributed by atoms with Crippen LogP contribution in [0.25, 0.3) is 10.8 Å². The summed E-state index contributed by atoms with van der Waals surface area (Å²) < 4.78 is 5.26. The molecule has 1 saturated heterocycles. The Kier molecular flexibility index (Phi) is 3.69. The first-order valence-electron chi connectivity index (χ1n) is 7.14. The van der Waals surface area contributed by atoms with Crippen molar-refractivity contribution < 1.29 is 4.74 Å². The highest BCUT2D eigenvalue weighted by Gasteiger charge is 2.10. The van der Waals surface area contributed by atoms with Crippen molar-refractivity contribution in [3.63, 3.8) is 0 Å². The normalized spacial score (nSPS) is 16.1. The molecule has 3 rings (SSSR count). The van der Waals surface area contributed by atoms with Crippen molar-refractivity contribution in [2.24, 2.45) is 0 Å². The molecule has 2 aromatic carbocycles. The summed E-state index contributed by atoms with van der Waals surface area (Å²) in [6, 6.07) is 13.0. The maximum Gasteiger partial charge on any atom is 0.119 e. The van der Waals surface area contributed by atoms with Crippen LogP contribution in [0.2, 0.25) is 0 Å². The van der Waals surface area contributed by atoms with E-state index in [9.17, 15) is 0 Å². The predicted octanol–water partition coefficient (Wildman–Crippen LogP) is 3.49. The van der Waals surface area contributed by atoms with Gasteiger partial charge in [-0.25, -0.2) is 0 Å². The van der Waals surface area contributed by atoms with Crippen molar-refractivity contribution in [1.82, 2.24) is 4.90 Å². The molecule has 0 radical (unpaired) electrons. The lowest BCUT2D eigenvalue weighted by Crippen LogP contribution is -2.21. The first kappa shape index (κ1) is 12.5. The quantitative estimate of drug-likeness (QED) is 0.829. The van der Waals surface area contributed by atoms with Crippen LogP contribution < -0.4 is 4.74 Å². The molecule has 0 N–H and O–H groups in total. The molecule has 2 heteroatoms. The summed E-state index contributed by atoms with van der Waals surface area (Å²) in [5.74, 6) is 0.928. The van der Waals surface area contributed by atoms with Crippen LogP contribution in [0.3, 0.4) is 0 Å². The van der Waals surface area contributed by atoms with E-state index in [0.717, 1.165) is 12.2 Å². The van der Waals surface area contributed by atoms with Gasteiger partial charge in [-0.15, -0.1) is 0 Å². The van der Waals surface area contributed by atoms with Crippen molar-refractivity contribution >= 4 is 10.8 Å². The summed E-state index contributed by atoms with van der Waals surface area (Å²) >= 11 is 0. The van der Waals surface area contributed by atoms with E-state index in [1.54, 1.807) is 7.11 Å². The third-order valence-electron chi connectivity index (χ3n) is 4.03. The molecule has 0 saturated carbocycles. The van der Waals surface area contributed by atoms with Crippen LogP contribution >= 0.6 is 0 Å². The molecule has 1 fully saturated rings. The molecule has 1 aliphatic rings. The maximum atomic E-state index is 5.26. The minimum Gasteiger partial charge on any atom is -0.497 e. The monoisotopic (exact) mass is 255 g/mol. The molecule has 0 spiro atoms. The zero-order valence-electron chi connectivity index (χ0n) is 11.6. The minimum atomic E-state index is 0.928. The summed E-state index contributed by atoms with van der Waals surface area (Å²) in [5.41, 5.74) is 1.43. The van der Waals surface area contributed by atoms with Gasteiger partial charge in [0, 0.05) is 6.54 Å². The van der Waals surface area contributed by atoms with Gasteiger partial charge in [0.2, 0.25) is 0 Å². The number of rotatable bonds is 4. The zero-order chi connectivity index (χ0) is 13.1. The average Bonchev–Trinajstić information content (AvgIpc) is 2.97. The summed E-state index contributed by atoms with van der Waals surface area (Å²) in [4.78, 5) is 2.57. The summed E-state index contributed by atoms with van der Waals surface area (Å²) in [5, 5.41) is 2.56. The molecule has 0 amide bonds. The second kappa shape index (κ2) is 5.62. The first-order valence-corrected chi connectivity index (χ1v) is 7.14. The van der Waals surface area contributed by atoms with Gasteiger partial charge in [-0.2, -0.15) is 0 Å². The largest absolute Gasteiger partial charge is 0.497 e. The van der Waals surface area contributed by atoms with Crippen LogP contribution in [0.5, 0.6) is 5.75 Å². The smallest absolute Gasteiger partial charge is 0.119 e. The van der Waals surface area contributed by atoms with Gasteiger partial charge < -0.3 is 9.64 Å². The fraction of sp³-hybridized carbons (Fsp3) is 0.412. The van der Waals surface area contributed by atoms with Crippen molar-refractivity contribution in [3.05, 3.63) is 42.0 Å². The van der Waals surface area contributed by atoms with Crippen molar-refractivity contribution in [3.8, 4) is 5.75 Å². The molecule has 0 unspecified atom stereocenters. The molecular weight excluding hydrogens is 234 g/mol. The van der Waals surface area contributed by atoms with E-state index in [0.29, 0.717) is 0 Å². The molecule has 100 valence electrons. The zero-order valence-corrected chi connectivity index (χ0v) is 11.6. The lowest BCUT2D eigenvalue weighted by atomic mass is 10.0. The molecule has 1 aliphatic heterocycles. The molecule has 0 bridgehead atoms. The van der Waals surface area contributed by atoms with Crippen LogP contribution in [0.15, 0.2) is 36.4 Å². The van der Waals surface area contributed by atoms with Gasteiger partial charge in [0.25, 0.3) is 0 Å². The number of benzene rings is 2. The van der Waals surface area contributed by atoms with Gasteiger partial charge in [0.05, 0.1) is 7.11 Å². The summed E-state index contributed by atoms with van der Waals surface area (Å²) in [7, 11) is 1.71. The van der Waals surface area contributed by atoms with E-state index >= 15 is 0 Å². The Labute approximate surface area is 115 Å². The van der Waals surface area contributed by atoms with E-state index in [-0.39, 0.29) is 0 Å². The SMILES string of the molecule is COc1ccc2cc(CCN3CCCC3)ccc2c1. The molecule has 2 aromatic rings. The number of nitrogens with zero attached hydrogens (tertiary/aromatic N) is 1. The molecular formula is C17H21NO. The van der Waals surface area contributed by atoms with Crippen LogP contribution in [-0.4, -0.2) is 31.6 Å². The van der Waals surface area contributed by atoms with Gasteiger partial charge >= 0.3 is 0 Å². The highest BCUT2D eigenvalue weighted by Crippen LogP contribution is 2.22. The average molecular weight is 255 g/mol. The van der Waals surface area contributed by atoms with Gasteiger partial charge in [-0.3, -0.25) is 0 Å². The Morgan fingerprint density at radius 2 is 1.74 bits per heavy atom. The topological polar surface area (TPSA) is 12.5 Å². The lowest BCUT2D eigenvalue weighted by molar-refractivity contribution is 0.343. The van der Waals surface area contributed by atoms with Crippen LogP contribution in [0.1, 0.15) is 18.4 Å². The Morgan fingerprint density at radius 1 is 1.00 bits per heavy atom. The lowest BCUT2D eigenvalue weighted by Gasteiger charge is -2.14. The number of likely N-dealkylation sites (tertiary alicyclic amines) is 1. The highest BCUT2D eigenvalue weighted by molar-refractivity contribution is 5.84. The predicted molar refractivity (Wildman–Crippen MR) is 79.9 cm³/mol. The van der Waals surface area contributed by atoms with E-state index in [1.165, 1.54) is 48.8 Å². The Balaban J connectivity index is 1.73. The third kappa shape index (κ3) is 2.90. The van der Waals surface area contributed by atoms with Gasteiger partial charge in [0.15, 0.2) is 0 Å². The van der Waals surface area contributed by atoms with E-state index < -0.39 is 0 Å². The first-order chi connectivity index (χ1) is 9.35. The molecule has 0 aliphatic carbocycles. The van der Waals surface area contributed by atoms with Crippen molar-refractivity contribution in [2.45, 2.75) is 19.3 Å². The fourth-order valence-corrected chi connectivity index (χ4v) is 2.85. The van der Waals surface area contributed by atoms with E-state index in [2.05, 4.69) is 35.2 Å². The molecule has 2 nitrogen and oxygen atoms in total. The Morgan fingerprint density at radius 3 is 2.53 bits per heavy atom. The highest BCUT2D eigenvalue weighted by atomic mass is 16.5. The van der Waals surface area contributed by atoms with Gasteiger partial charge in [0.1, 0.15) is 5.75 Å². The Hall–Kier alpha value is -1.54. The maximum absolute atomic E-state index is 5.26. The van der Waals surface area contributed by atoms with Gasteiger partial charge in [-0.05, 0) is 60.8 Å². The van der Waals surface area contributed by atoms with E-state index in [4.69, 9.17) is 4.74 Å². The number of methoxy groups -OCH3 is 1.